The second-order valence-electron chi connectivity index (χ2n) is 4.45. The minimum atomic E-state index is 0.0905. The molecule has 3 aromatic heterocycles. The molecule has 1 atom stereocenters. The van der Waals surface area contributed by atoms with Crippen LogP contribution in [0.25, 0.3) is 5.65 Å². The zero-order valence-corrected chi connectivity index (χ0v) is 11.0. The number of fused-ring (bicyclic) bond motifs is 1. The van der Waals surface area contributed by atoms with Crippen LogP contribution in [0.5, 0.6) is 0 Å². The van der Waals surface area contributed by atoms with Crippen LogP contribution in [-0.4, -0.2) is 24.6 Å². The Morgan fingerprint density at radius 3 is 3.00 bits per heavy atom. The highest BCUT2D eigenvalue weighted by molar-refractivity contribution is 5.44. The van der Waals surface area contributed by atoms with E-state index in [9.17, 15) is 0 Å². The number of nitrogens with zero attached hydrogens (tertiary/aromatic N) is 4. The van der Waals surface area contributed by atoms with E-state index in [1.54, 1.807) is 6.20 Å². The number of imidazole rings is 1. The quantitative estimate of drug-likeness (QED) is 0.751. The lowest BCUT2D eigenvalue weighted by molar-refractivity contribution is 0.694. The monoisotopic (exact) mass is 256 g/mol. The maximum Gasteiger partial charge on any atom is 0.243 e. The van der Waals surface area contributed by atoms with Crippen molar-refractivity contribution in [3.63, 3.8) is 0 Å². The molecule has 0 fully saturated rings. The van der Waals surface area contributed by atoms with E-state index in [1.807, 2.05) is 35.8 Å². The largest absolute Gasteiger partial charge is 0.347 e. The molecule has 1 unspecified atom stereocenters. The number of anilines is 1. The molecule has 0 saturated carbocycles. The highest BCUT2D eigenvalue weighted by atomic mass is 15.4. The SMILES string of the molecule is CCC(Nc1nc2cccc(C)n2n1)c1ncc[nH]1. The molecule has 3 rings (SSSR count). The third-order valence-electron chi connectivity index (χ3n) is 3.11. The summed E-state index contributed by atoms with van der Waals surface area (Å²) in [6.45, 7) is 4.11. The molecular weight excluding hydrogens is 240 g/mol. The van der Waals surface area contributed by atoms with Crippen molar-refractivity contribution in [2.24, 2.45) is 0 Å². The molecule has 6 nitrogen and oxygen atoms in total. The molecule has 0 bridgehead atoms. The summed E-state index contributed by atoms with van der Waals surface area (Å²) in [6.07, 6.45) is 4.48. The number of nitrogens with one attached hydrogen (secondary N) is 2. The van der Waals surface area contributed by atoms with Crippen LogP contribution >= 0.6 is 0 Å². The van der Waals surface area contributed by atoms with Gasteiger partial charge in [0, 0.05) is 18.1 Å². The van der Waals surface area contributed by atoms with E-state index in [2.05, 4.69) is 32.3 Å². The molecule has 19 heavy (non-hydrogen) atoms. The predicted octanol–water partition coefficient (Wildman–Crippen LogP) is 2.32. The van der Waals surface area contributed by atoms with Crippen LogP contribution < -0.4 is 5.32 Å². The van der Waals surface area contributed by atoms with Crippen molar-refractivity contribution in [1.82, 2.24) is 24.6 Å². The first-order valence-corrected chi connectivity index (χ1v) is 6.36. The van der Waals surface area contributed by atoms with Crippen molar-refractivity contribution >= 4 is 11.6 Å². The Morgan fingerprint density at radius 2 is 2.32 bits per heavy atom. The van der Waals surface area contributed by atoms with E-state index in [1.165, 1.54) is 0 Å². The lowest BCUT2D eigenvalue weighted by Gasteiger charge is -2.12. The van der Waals surface area contributed by atoms with E-state index in [4.69, 9.17) is 0 Å². The van der Waals surface area contributed by atoms with Gasteiger partial charge in [-0.1, -0.05) is 13.0 Å². The average Bonchev–Trinajstić information content (AvgIpc) is 3.05. The summed E-state index contributed by atoms with van der Waals surface area (Å²) in [5, 5.41) is 7.77. The molecule has 0 aliphatic rings. The number of hydrogen-bond donors (Lipinski definition) is 2. The summed E-state index contributed by atoms with van der Waals surface area (Å²) in [5.74, 6) is 1.52. The second kappa shape index (κ2) is 4.72. The topological polar surface area (TPSA) is 70.9 Å². The van der Waals surface area contributed by atoms with Gasteiger partial charge in [0.15, 0.2) is 5.65 Å². The summed E-state index contributed by atoms with van der Waals surface area (Å²) in [7, 11) is 0. The summed E-state index contributed by atoms with van der Waals surface area (Å²) < 4.78 is 1.83. The molecule has 0 saturated heterocycles. The van der Waals surface area contributed by atoms with Gasteiger partial charge in [-0.25, -0.2) is 9.50 Å². The van der Waals surface area contributed by atoms with Crippen molar-refractivity contribution in [2.75, 3.05) is 5.32 Å². The molecule has 0 spiro atoms. The summed E-state index contributed by atoms with van der Waals surface area (Å²) in [4.78, 5) is 11.9. The standard InChI is InChI=1S/C13H16N6/c1-3-10(12-14-7-8-15-12)16-13-17-11-6-4-5-9(2)19(11)18-13/h4-8,10H,3H2,1-2H3,(H,14,15)(H,16,18). The van der Waals surface area contributed by atoms with E-state index in [-0.39, 0.29) is 6.04 Å². The highest BCUT2D eigenvalue weighted by Crippen LogP contribution is 2.18. The first-order valence-electron chi connectivity index (χ1n) is 6.36. The predicted molar refractivity (Wildman–Crippen MR) is 73.0 cm³/mol. The Morgan fingerprint density at radius 1 is 1.42 bits per heavy atom. The van der Waals surface area contributed by atoms with Crippen LogP contribution in [0.15, 0.2) is 30.6 Å². The first-order chi connectivity index (χ1) is 9.28. The Kier molecular flexibility index (Phi) is 2.91. The number of pyridine rings is 1. The number of aromatic nitrogens is 5. The molecule has 0 amide bonds. The van der Waals surface area contributed by atoms with E-state index in [0.717, 1.165) is 23.6 Å². The zero-order valence-electron chi connectivity index (χ0n) is 11.0. The van der Waals surface area contributed by atoms with Crippen LogP contribution in [0.1, 0.15) is 30.9 Å². The smallest absolute Gasteiger partial charge is 0.243 e. The number of hydrogen-bond acceptors (Lipinski definition) is 4. The Balaban J connectivity index is 1.90. The number of aryl methyl sites for hydroxylation is 1. The van der Waals surface area contributed by atoms with Gasteiger partial charge in [-0.15, -0.1) is 5.10 Å². The van der Waals surface area contributed by atoms with Crippen molar-refractivity contribution in [3.05, 3.63) is 42.1 Å². The molecule has 98 valence electrons. The van der Waals surface area contributed by atoms with E-state index < -0.39 is 0 Å². The summed E-state index contributed by atoms with van der Waals surface area (Å²) in [6, 6.07) is 6.02. The molecule has 6 heteroatoms. The van der Waals surface area contributed by atoms with Crippen LogP contribution in [0.3, 0.4) is 0 Å². The van der Waals surface area contributed by atoms with Crippen molar-refractivity contribution in [1.29, 1.82) is 0 Å². The van der Waals surface area contributed by atoms with Crippen LogP contribution in [0.2, 0.25) is 0 Å². The summed E-state index contributed by atoms with van der Waals surface area (Å²) in [5.41, 5.74) is 1.90. The molecule has 0 aromatic carbocycles. The fourth-order valence-electron chi connectivity index (χ4n) is 2.08. The van der Waals surface area contributed by atoms with Crippen LogP contribution in [0.4, 0.5) is 5.95 Å². The third kappa shape index (κ3) is 2.16. The number of aromatic amines is 1. The normalized spacial score (nSPS) is 12.7. The van der Waals surface area contributed by atoms with E-state index in [0.29, 0.717) is 5.95 Å². The second-order valence-corrected chi connectivity index (χ2v) is 4.45. The van der Waals surface area contributed by atoms with Crippen molar-refractivity contribution in [3.8, 4) is 0 Å². The van der Waals surface area contributed by atoms with Crippen LogP contribution in [-0.2, 0) is 0 Å². The lowest BCUT2D eigenvalue weighted by atomic mass is 10.2. The first kappa shape index (κ1) is 11.7. The molecular formula is C13H16N6. The lowest BCUT2D eigenvalue weighted by Crippen LogP contribution is -2.12. The minimum absolute atomic E-state index is 0.0905. The van der Waals surface area contributed by atoms with Crippen molar-refractivity contribution in [2.45, 2.75) is 26.3 Å². The molecule has 0 radical (unpaired) electrons. The van der Waals surface area contributed by atoms with Gasteiger partial charge in [0.25, 0.3) is 0 Å². The van der Waals surface area contributed by atoms with Gasteiger partial charge in [-0.2, -0.15) is 4.98 Å². The van der Waals surface area contributed by atoms with E-state index >= 15 is 0 Å². The van der Waals surface area contributed by atoms with Gasteiger partial charge in [0.05, 0.1) is 6.04 Å². The average molecular weight is 256 g/mol. The molecule has 0 aliphatic carbocycles. The highest BCUT2D eigenvalue weighted by Gasteiger charge is 2.14. The van der Waals surface area contributed by atoms with Gasteiger partial charge in [-0.3, -0.25) is 0 Å². The maximum atomic E-state index is 4.47. The molecule has 3 heterocycles. The Bertz CT molecular complexity index is 670. The van der Waals surface area contributed by atoms with Gasteiger partial charge < -0.3 is 10.3 Å². The molecule has 3 aromatic rings. The fourth-order valence-corrected chi connectivity index (χ4v) is 2.08. The molecule has 2 N–H and O–H groups in total. The maximum absolute atomic E-state index is 4.47. The van der Waals surface area contributed by atoms with Gasteiger partial charge in [0.1, 0.15) is 5.82 Å². The Labute approximate surface area is 110 Å². The van der Waals surface area contributed by atoms with Gasteiger partial charge in [0.2, 0.25) is 5.95 Å². The third-order valence-corrected chi connectivity index (χ3v) is 3.11. The zero-order chi connectivity index (χ0) is 13.2. The fraction of sp³-hybridized carbons (Fsp3) is 0.308. The number of H-pyrrole nitrogens is 1. The minimum Gasteiger partial charge on any atom is -0.347 e. The molecule has 0 aliphatic heterocycles. The summed E-state index contributed by atoms with van der Waals surface area (Å²) >= 11 is 0. The van der Waals surface area contributed by atoms with Gasteiger partial charge in [-0.05, 0) is 25.5 Å². The van der Waals surface area contributed by atoms with Crippen molar-refractivity contribution < 1.29 is 0 Å². The Hall–Kier alpha value is -2.37. The number of rotatable bonds is 4. The van der Waals surface area contributed by atoms with Gasteiger partial charge >= 0.3 is 0 Å². The van der Waals surface area contributed by atoms with Crippen LogP contribution in [0, 0.1) is 6.92 Å².